The van der Waals surface area contributed by atoms with Gasteiger partial charge in [-0.05, 0) is 31.5 Å². The van der Waals surface area contributed by atoms with Crippen molar-refractivity contribution >= 4 is 17.7 Å². The van der Waals surface area contributed by atoms with Crippen molar-refractivity contribution in [2.24, 2.45) is 5.73 Å². The van der Waals surface area contributed by atoms with Crippen LogP contribution in [0.25, 0.3) is 0 Å². The second kappa shape index (κ2) is 5.32. The van der Waals surface area contributed by atoms with Gasteiger partial charge in [0.25, 0.3) is 0 Å². The number of thioether (sulfide) groups is 1. The van der Waals surface area contributed by atoms with Crippen molar-refractivity contribution in [3.8, 4) is 0 Å². The van der Waals surface area contributed by atoms with Crippen LogP contribution < -0.4 is 5.73 Å². The molecule has 1 aromatic carbocycles. The number of esters is 1. The molecule has 16 heavy (non-hydrogen) atoms. The summed E-state index contributed by atoms with van der Waals surface area (Å²) in [6, 6.07) is 2.77. The Morgan fingerprint density at radius 1 is 1.56 bits per heavy atom. The lowest BCUT2D eigenvalue weighted by molar-refractivity contribution is 0.0600. The number of ether oxygens (including phenoxy) is 1. The number of methoxy groups -OCH3 is 1. The highest BCUT2D eigenvalue weighted by Crippen LogP contribution is 2.27. The van der Waals surface area contributed by atoms with Crippen molar-refractivity contribution < 1.29 is 13.9 Å². The molecule has 0 amide bonds. The zero-order chi connectivity index (χ0) is 12.3. The Kier molecular flexibility index (Phi) is 4.32. The van der Waals surface area contributed by atoms with Gasteiger partial charge in [0.15, 0.2) is 0 Å². The molecule has 0 aromatic heterocycles. The lowest BCUT2D eigenvalue weighted by atomic mass is 10.1. The Labute approximate surface area is 98.2 Å². The third-order valence-electron chi connectivity index (χ3n) is 2.03. The van der Waals surface area contributed by atoms with Gasteiger partial charge in [-0.2, -0.15) is 0 Å². The van der Waals surface area contributed by atoms with E-state index < -0.39 is 11.8 Å². The van der Waals surface area contributed by atoms with Gasteiger partial charge in [-0.1, -0.05) is 0 Å². The number of rotatable bonds is 3. The fourth-order valence-corrected chi connectivity index (χ4v) is 2.08. The average Bonchev–Trinajstić information content (AvgIpc) is 2.22. The van der Waals surface area contributed by atoms with Crippen molar-refractivity contribution in [2.75, 3.05) is 7.11 Å². The van der Waals surface area contributed by atoms with Gasteiger partial charge >= 0.3 is 5.97 Å². The molecule has 1 unspecified atom stereocenters. The standard InChI is InChI=1S/C11H14FNO2S/c1-6-9(12)4-8(11(14)15-3)5-10(6)16-7(2)13/h4-5,7H,13H2,1-3H3. The number of nitrogens with two attached hydrogens (primary N) is 1. The van der Waals surface area contributed by atoms with Crippen LogP contribution in [0.3, 0.4) is 0 Å². The van der Waals surface area contributed by atoms with Gasteiger partial charge < -0.3 is 10.5 Å². The predicted molar refractivity (Wildman–Crippen MR) is 62.0 cm³/mol. The second-order valence-electron chi connectivity index (χ2n) is 3.40. The van der Waals surface area contributed by atoms with Gasteiger partial charge in [0, 0.05) is 4.90 Å². The molecule has 0 aliphatic heterocycles. The minimum absolute atomic E-state index is 0.161. The van der Waals surface area contributed by atoms with Crippen molar-refractivity contribution in [2.45, 2.75) is 24.1 Å². The molecule has 1 aromatic rings. The van der Waals surface area contributed by atoms with Crippen LogP contribution in [-0.2, 0) is 4.74 Å². The van der Waals surface area contributed by atoms with Gasteiger partial charge in [0.2, 0.25) is 0 Å². The summed E-state index contributed by atoms with van der Waals surface area (Å²) in [6.45, 7) is 3.45. The summed E-state index contributed by atoms with van der Waals surface area (Å²) in [5, 5.41) is -0.161. The quantitative estimate of drug-likeness (QED) is 0.503. The van der Waals surface area contributed by atoms with Crippen LogP contribution >= 0.6 is 11.8 Å². The van der Waals surface area contributed by atoms with E-state index >= 15 is 0 Å². The summed E-state index contributed by atoms with van der Waals surface area (Å²) in [5.74, 6) is -0.975. The third kappa shape index (κ3) is 2.96. The maximum Gasteiger partial charge on any atom is 0.337 e. The molecule has 0 heterocycles. The maximum absolute atomic E-state index is 13.5. The summed E-state index contributed by atoms with van der Waals surface area (Å²) in [4.78, 5) is 11.9. The number of hydrogen-bond acceptors (Lipinski definition) is 4. The zero-order valence-electron chi connectivity index (χ0n) is 9.41. The molecule has 0 radical (unpaired) electrons. The summed E-state index contributed by atoms with van der Waals surface area (Å²) >= 11 is 1.31. The van der Waals surface area contributed by atoms with E-state index in [1.165, 1.54) is 24.9 Å². The number of benzene rings is 1. The number of carbonyl (C=O) groups excluding carboxylic acids is 1. The number of hydrogen-bond donors (Lipinski definition) is 1. The molecule has 88 valence electrons. The molecule has 0 aliphatic rings. The first-order valence-electron chi connectivity index (χ1n) is 4.76. The fourth-order valence-electron chi connectivity index (χ4n) is 1.21. The summed E-state index contributed by atoms with van der Waals surface area (Å²) in [6.07, 6.45) is 0. The molecule has 0 bridgehead atoms. The van der Waals surface area contributed by atoms with Gasteiger partial charge in [0.05, 0.1) is 18.0 Å². The third-order valence-corrected chi connectivity index (χ3v) is 3.08. The topological polar surface area (TPSA) is 52.3 Å². The van der Waals surface area contributed by atoms with E-state index in [9.17, 15) is 9.18 Å². The smallest absolute Gasteiger partial charge is 0.337 e. The number of halogens is 1. The van der Waals surface area contributed by atoms with Crippen LogP contribution in [0.5, 0.6) is 0 Å². The number of carbonyl (C=O) groups is 1. The van der Waals surface area contributed by atoms with E-state index in [2.05, 4.69) is 4.74 Å². The lowest BCUT2D eigenvalue weighted by Gasteiger charge is -2.10. The average molecular weight is 243 g/mol. The molecule has 2 N–H and O–H groups in total. The molecule has 1 rings (SSSR count). The van der Waals surface area contributed by atoms with Crippen LogP contribution in [0.15, 0.2) is 17.0 Å². The second-order valence-corrected chi connectivity index (χ2v) is 4.81. The van der Waals surface area contributed by atoms with Crippen LogP contribution in [-0.4, -0.2) is 18.5 Å². The molecule has 5 heteroatoms. The molecule has 3 nitrogen and oxygen atoms in total. The first kappa shape index (κ1) is 13.0. The van der Waals surface area contributed by atoms with Crippen LogP contribution in [0.1, 0.15) is 22.8 Å². The predicted octanol–water partition coefficient (Wildman–Crippen LogP) is 2.32. The lowest BCUT2D eigenvalue weighted by Crippen LogP contribution is -2.10. The fraction of sp³-hybridized carbons (Fsp3) is 0.364. The largest absolute Gasteiger partial charge is 0.465 e. The van der Waals surface area contributed by atoms with Crippen LogP contribution in [0.4, 0.5) is 4.39 Å². The van der Waals surface area contributed by atoms with Gasteiger partial charge in [-0.15, -0.1) is 11.8 Å². The Morgan fingerprint density at radius 3 is 2.69 bits per heavy atom. The molecule has 0 spiro atoms. The van der Waals surface area contributed by atoms with Gasteiger partial charge in [-0.3, -0.25) is 0 Å². The first-order valence-corrected chi connectivity index (χ1v) is 5.64. The van der Waals surface area contributed by atoms with Gasteiger partial charge in [-0.25, -0.2) is 9.18 Å². The Bertz CT molecular complexity index is 407. The molecule has 0 fully saturated rings. The summed E-state index contributed by atoms with van der Waals surface area (Å²) in [7, 11) is 1.26. The van der Waals surface area contributed by atoms with E-state index in [0.717, 1.165) is 0 Å². The SMILES string of the molecule is COC(=O)c1cc(F)c(C)c(SC(C)N)c1. The Hall–Kier alpha value is -1.07. The Morgan fingerprint density at radius 2 is 2.19 bits per heavy atom. The monoisotopic (exact) mass is 243 g/mol. The summed E-state index contributed by atoms with van der Waals surface area (Å²) in [5.41, 5.74) is 6.32. The molecular formula is C11H14FNO2S. The highest BCUT2D eigenvalue weighted by molar-refractivity contribution is 7.99. The molecule has 0 aliphatic carbocycles. The van der Waals surface area contributed by atoms with Crippen LogP contribution in [0, 0.1) is 12.7 Å². The van der Waals surface area contributed by atoms with E-state index in [0.29, 0.717) is 10.5 Å². The molecule has 1 atom stereocenters. The minimum Gasteiger partial charge on any atom is -0.465 e. The highest BCUT2D eigenvalue weighted by Gasteiger charge is 2.13. The highest BCUT2D eigenvalue weighted by atomic mass is 32.2. The molecule has 0 saturated heterocycles. The van der Waals surface area contributed by atoms with Crippen molar-refractivity contribution in [1.82, 2.24) is 0 Å². The van der Waals surface area contributed by atoms with E-state index in [1.807, 2.05) is 0 Å². The first-order chi connectivity index (χ1) is 7.45. The normalized spacial score (nSPS) is 12.3. The molecular weight excluding hydrogens is 229 g/mol. The van der Waals surface area contributed by atoms with Crippen molar-refractivity contribution in [3.05, 3.63) is 29.1 Å². The minimum atomic E-state index is -0.551. The van der Waals surface area contributed by atoms with E-state index in [-0.39, 0.29) is 10.9 Å². The molecule has 0 saturated carbocycles. The van der Waals surface area contributed by atoms with Gasteiger partial charge in [0.1, 0.15) is 5.82 Å². The van der Waals surface area contributed by atoms with Crippen LogP contribution in [0.2, 0.25) is 0 Å². The van der Waals surface area contributed by atoms with Crippen molar-refractivity contribution in [1.29, 1.82) is 0 Å². The Balaban J connectivity index is 3.16. The van der Waals surface area contributed by atoms with Crippen molar-refractivity contribution in [3.63, 3.8) is 0 Å². The zero-order valence-corrected chi connectivity index (χ0v) is 10.2. The van der Waals surface area contributed by atoms with E-state index in [1.54, 1.807) is 19.9 Å². The van der Waals surface area contributed by atoms with E-state index in [4.69, 9.17) is 5.73 Å². The maximum atomic E-state index is 13.5. The summed E-state index contributed by atoms with van der Waals surface area (Å²) < 4.78 is 18.1.